The van der Waals surface area contributed by atoms with Crippen molar-refractivity contribution in [2.24, 2.45) is 0 Å². The normalized spacial score (nSPS) is 11.8. The van der Waals surface area contributed by atoms with Crippen molar-refractivity contribution in [3.8, 4) is 0 Å². The summed E-state index contributed by atoms with van der Waals surface area (Å²) in [7, 11) is 1.59. The number of nitrogens with zero attached hydrogens (tertiary/aromatic N) is 1. The molecule has 0 aliphatic heterocycles. The number of H-pyrrole nitrogens is 1. The molecule has 14 heavy (non-hydrogen) atoms. The molecule has 1 aromatic rings. The second kappa shape index (κ2) is 3.53. The quantitative estimate of drug-likeness (QED) is 0.775. The zero-order chi connectivity index (χ0) is 10.9. The van der Waals surface area contributed by atoms with Crippen LogP contribution in [-0.2, 0) is 10.3 Å². The first-order valence-corrected chi connectivity index (χ1v) is 4.51. The Morgan fingerprint density at radius 3 is 2.36 bits per heavy atom. The standard InChI is InChI=1S/C10H16N2O2/c1-6-7(2)11-9(12-8(6)13)10(3,4)14-5/h1-5H3,(H,11,12,13). The minimum atomic E-state index is -0.558. The molecule has 78 valence electrons. The van der Waals surface area contributed by atoms with E-state index in [0.29, 0.717) is 11.4 Å². The second-order valence-electron chi connectivity index (χ2n) is 3.84. The van der Waals surface area contributed by atoms with E-state index in [-0.39, 0.29) is 5.56 Å². The zero-order valence-corrected chi connectivity index (χ0v) is 9.26. The number of methoxy groups -OCH3 is 1. The van der Waals surface area contributed by atoms with Gasteiger partial charge in [-0.3, -0.25) is 4.79 Å². The fourth-order valence-electron chi connectivity index (χ4n) is 1.03. The minimum absolute atomic E-state index is 0.0994. The van der Waals surface area contributed by atoms with Gasteiger partial charge in [-0.2, -0.15) is 0 Å². The maximum absolute atomic E-state index is 11.5. The van der Waals surface area contributed by atoms with Crippen molar-refractivity contribution < 1.29 is 4.74 Å². The lowest BCUT2D eigenvalue weighted by atomic mass is 10.1. The molecular weight excluding hydrogens is 180 g/mol. The molecule has 0 saturated carbocycles. The highest BCUT2D eigenvalue weighted by atomic mass is 16.5. The molecule has 4 heteroatoms. The van der Waals surface area contributed by atoms with Gasteiger partial charge in [-0.05, 0) is 27.7 Å². The number of aryl methyl sites for hydroxylation is 1. The van der Waals surface area contributed by atoms with Gasteiger partial charge in [0, 0.05) is 18.4 Å². The lowest BCUT2D eigenvalue weighted by Crippen LogP contribution is -2.28. The van der Waals surface area contributed by atoms with Crippen LogP contribution in [0.5, 0.6) is 0 Å². The molecule has 0 aliphatic carbocycles. The van der Waals surface area contributed by atoms with E-state index in [2.05, 4.69) is 9.97 Å². The highest BCUT2D eigenvalue weighted by Crippen LogP contribution is 2.18. The SMILES string of the molecule is COC(C)(C)c1nc(C)c(C)c(=O)[nH]1. The lowest BCUT2D eigenvalue weighted by Gasteiger charge is -2.22. The molecular formula is C10H16N2O2. The first kappa shape index (κ1) is 10.9. The molecule has 1 heterocycles. The van der Waals surface area contributed by atoms with Gasteiger partial charge in [0.1, 0.15) is 11.4 Å². The fraction of sp³-hybridized carbons (Fsp3) is 0.600. The molecule has 0 fully saturated rings. The van der Waals surface area contributed by atoms with Crippen molar-refractivity contribution in [3.05, 3.63) is 27.4 Å². The molecule has 1 rings (SSSR count). The molecule has 4 nitrogen and oxygen atoms in total. The zero-order valence-electron chi connectivity index (χ0n) is 9.26. The molecule has 0 spiro atoms. The van der Waals surface area contributed by atoms with Gasteiger partial charge in [0.05, 0.1) is 0 Å². The summed E-state index contributed by atoms with van der Waals surface area (Å²) in [5.74, 6) is 0.563. The van der Waals surface area contributed by atoms with E-state index in [1.165, 1.54) is 0 Å². The van der Waals surface area contributed by atoms with Crippen LogP contribution in [0.4, 0.5) is 0 Å². The highest BCUT2D eigenvalue weighted by Gasteiger charge is 2.23. The number of rotatable bonds is 2. The smallest absolute Gasteiger partial charge is 0.254 e. The lowest BCUT2D eigenvalue weighted by molar-refractivity contribution is 0.0111. The average molecular weight is 196 g/mol. The Morgan fingerprint density at radius 1 is 1.36 bits per heavy atom. The summed E-state index contributed by atoms with van der Waals surface area (Å²) in [6.45, 7) is 7.30. The van der Waals surface area contributed by atoms with Crippen LogP contribution in [0.1, 0.15) is 30.9 Å². The Labute approximate surface area is 83.3 Å². The number of ether oxygens (including phenoxy) is 1. The third kappa shape index (κ3) is 1.85. The van der Waals surface area contributed by atoms with Crippen molar-refractivity contribution in [3.63, 3.8) is 0 Å². The Balaban J connectivity index is 3.33. The van der Waals surface area contributed by atoms with Gasteiger partial charge in [-0.15, -0.1) is 0 Å². The fourth-order valence-corrected chi connectivity index (χ4v) is 1.03. The molecule has 1 N–H and O–H groups in total. The summed E-state index contributed by atoms with van der Waals surface area (Å²) in [4.78, 5) is 18.5. The topological polar surface area (TPSA) is 55.0 Å². The largest absolute Gasteiger partial charge is 0.371 e. The molecule has 0 atom stereocenters. The molecule has 0 bridgehead atoms. The summed E-state index contributed by atoms with van der Waals surface area (Å²) >= 11 is 0. The van der Waals surface area contributed by atoms with Crippen LogP contribution in [0.3, 0.4) is 0 Å². The monoisotopic (exact) mass is 196 g/mol. The van der Waals surface area contributed by atoms with E-state index in [4.69, 9.17) is 4.74 Å². The molecule has 0 amide bonds. The Hall–Kier alpha value is -1.16. The first-order chi connectivity index (χ1) is 6.38. The molecule has 1 aromatic heterocycles. The van der Waals surface area contributed by atoms with Gasteiger partial charge in [-0.25, -0.2) is 4.98 Å². The van der Waals surface area contributed by atoms with Gasteiger partial charge in [0.15, 0.2) is 0 Å². The second-order valence-corrected chi connectivity index (χ2v) is 3.84. The van der Waals surface area contributed by atoms with Crippen molar-refractivity contribution in [1.29, 1.82) is 0 Å². The van der Waals surface area contributed by atoms with Crippen molar-refractivity contribution in [2.45, 2.75) is 33.3 Å². The summed E-state index contributed by atoms with van der Waals surface area (Å²) in [5.41, 5.74) is 0.740. The third-order valence-electron chi connectivity index (χ3n) is 2.48. The molecule has 0 aromatic carbocycles. The van der Waals surface area contributed by atoms with E-state index in [1.807, 2.05) is 20.8 Å². The van der Waals surface area contributed by atoms with E-state index >= 15 is 0 Å². The number of nitrogens with one attached hydrogen (secondary N) is 1. The summed E-state index contributed by atoms with van der Waals surface area (Å²) in [6, 6.07) is 0. The third-order valence-corrected chi connectivity index (χ3v) is 2.48. The van der Waals surface area contributed by atoms with E-state index < -0.39 is 5.60 Å². The Morgan fingerprint density at radius 2 is 1.93 bits per heavy atom. The van der Waals surface area contributed by atoms with Gasteiger partial charge in [-0.1, -0.05) is 0 Å². The van der Waals surface area contributed by atoms with Crippen LogP contribution in [0.15, 0.2) is 4.79 Å². The highest BCUT2D eigenvalue weighted by molar-refractivity contribution is 5.16. The van der Waals surface area contributed by atoms with Gasteiger partial charge in [0.25, 0.3) is 5.56 Å². The maximum Gasteiger partial charge on any atom is 0.254 e. The van der Waals surface area contributed by atoms with Crippen LogP contribution in [0, 0.1) is 13.8 Å². The van der Waals surface area contributed by atoms with E-state index in [9.17, 15) is 4.79 Å². The van der Waals surface area contributed by atoms with E-state index in [0.717, 1.165) is 5.69 Å². The Kier molecular flexibility index (Phi) is 2.76. The summed E-state index contributed by atoms with van der Waals surface area (Å²) in [5, 5.41) is 0. The van der Waals surface area contributed by atoms with Gasteiger partial charge in [0.2, 0.25) is 0 Å². The number of aromatic nitrogens is 2. The van der Waals surface area contributed by atoms with Crippen molar-refractivity contribution in [2.75, 3.05) is 7.11 Å². The number of hydrogen-bond acceptors (Lipinski definition) is 3. The van der Waals surface area contributed by atoms with Crippen molar-refractivity contribution in [1.82, 2.24) is 9.97 Å². The van der Waals surface area contributed by atoms with Crippen molar-refractivity contribution >= 4 is 0 Å². The molecule has 0 radical (unpaired) electrons. The Bertz CT molecular complexity index is 394. The van der Waals surface area contributed by atoms with E-state index in [1.54, 1.807) is 14.0 Å². The first-order valence-electron chi connectivity index (χ1n) is 4.51. The van der Waals surface area contributed by atoms with Gasteiger partial charge < -0.3 is 9.72 Å². The predicted octanol–water partition coefficient (Wildman–Crippen LogP) is 1.27. The number of aromatic amines is 1. The average Bonchev–Trinajstić information content (AvgIpc) is 2.13. The van der Waals surface area contributed by atoms with Gasteiger partial charge >= 0.3 is 0 Å². The molecule has 0 aliphatic rings. The molecule has 0 unspecified atom stereocenters. The molecule has 0 saturated heterocycles. The van der Waals surface area contributed by atoms with Crippen LogP contribution in [0.25, 0.3) is 0 Å². The maximum atomic E-state index is 11.5. The summed E-state index contributed by atoms with van der Waals surface area (Å²) in [6.07, 6.45) is 0. The van der Waals surface area contributed by atoms with Crippen LogP contribution in [0.2, 0.25) is 0 Å². The predicted molar refractivity (Wildman–Crippen MR) is 54.4 cm³/mol. The van der Waals surface area contributed by atoms with Crippen LogP contribution >= 0.6 is 0 Å². The minimum Gasteiger partial charge on any atom is -0.371 e. The van der Waals surface area contributed by atoms with Crippen LogP contribution < -0.4 is 5.56 Å². The number of hydrogen-bond donors (Lipinski definition) is 1. The summed E-state index contributed by atoms with van der Waals surface area (Å²) < 4.78 is 5.24. The van der Waals surface area contributed by atoms with Crippen LogP contribution in [-0.4, -0.2) is 17.1 Å².